The first-order valence-electron chi connectivity index (χ1n) is 4.65. The van der Waals surface area contributed by atoms with Crippen LogP contribution in [0.1, 0.15) is 35.6 Å². The van der Waals surface area contributed by atoms with Gasteiger partial charge in [0.2, 0.25) is 0 Å². The molecule has 0 saturated heterocycles. The fourth-order valence-corrected chi connectivity index (χ4v) is 1.61. The zero-order chi connectivity index (χ0) is 9.42. The highest BCUT2D eigenvalue weighted by Crippen LogP contribution is 2.38. The summed E-state index contributed by atoms with van der Waals surface area (Å²) in [6.45, 7) is 2.27. The Labute approximate surface area is 89.1 Å². The second-order valence-corrected chi connectivity index (χ2v) is 3.69. The van der Waals surface area contributed by atoms with Crippen molar-refractivity contribution >= 4 is 12.4 Å². The van der Waals surface area contributed by atoms with E-state index in [9.17, 15) is 4.79 Å². The predicted molar refractivity (Wildman–Crippen MR) is 58.9 cm³/mol. The molecule has 0 atom stereocenters. The number of hydrogen-bond acceptors (Lipinski definition) is 2. The monoisotopic (exact) mass is 214 g/mol. The third kappa shape index (κ3) is 1.99. The van der Waals surface area contributed by atoms with E-state index in [2.05, 4.69) is 11.1 Å². The van der Waals surface area contributed by atoms with Crippen molar-refractivity contribution in [2.75, 3.05) is 0 Å². The van der Waals surface area contributed by atoms with Gasteiger partial charge in [-0.25, -0.2) is 0 Å². The van der Waals surface area contributed by atoms with Gasteiger partial charge in [0.25, 0.3) is 5.56 Å². The van der Waals surface area contributed by atoms with Crippen LogP contribution in [-0.4, -0.2) is 4.98 Å². The molecule has 1 aromatic heterocycles. The molecule has 14 heavy (non-hydrogen) atoms. The van der Waals surface area contributed by atoms with E-state index >= 15 is 0 Å². The van der Waals surface area contributed by atoms with Gasteiger partial charge in [-0.2, -0.15) is 0 Å². The van der Waals surface area contributed by atoms with Crippen molar-refractivity contribution < 1.29 is 0 Å². The average molecular weight is 215 g/mol. The summed E-state index contributed by atoms with van der Waals surface area (Å²) in [4.78, 5) is 14.4. The maximum atomic E-state index is 11.5. The second kappa shape index (κ2) is 4.15. The summed E-state index contributed by atoms with van der Waals surface area (Å²) in [5.41, 5.74) is 8.28. The largest absolute Gasteiger partial charge is 0.326 e. The van der Waals surface area contributed by atoms with Crippen LogP contribution >= 0.6 is 12.4 Å². The lowest BCUT2D eigenvalue weighted by Crippen LogP contribution is -2.19. The van der Waals surface area contributed by atoms with Gasteiger partial charge in [0.15, 0.2) is 0 Å². The molecule has 0 aliphatic heterocycles. The first kappa shape index (κ1) is 11.3. The van der Waals surface area contributed by atoms with Crippen LogP contribution in [0.5, 0.6) is 0 Å². The quantitative estimate of drug-likeness (QED) is 0.783. The molecule has 1 heterocycles. The standard InChI is InChI=1S/C10H14N2O.ClH/c1-6-4-9(7-2-3-7)12-10(13)8(6)5-11;/h4,7H,2-3,5,11H2,1H3,(H,12,13);1H. The van der Waals surface area contributed by atoms with E-state index in [4.69, 9.17) is 5.73 Å². The summed E-state index contributed by atoms with van der Waals surface area (Å²) in [6, 6.07) is 2.06. The molecule has 0 radical (unpaired) electrons. The first-order valence-corrected chi connectivity index (χ1v) is 4.65. The number of halogens is 1. The van der Waals surface area contributed by atoms with Gasteiger partial charge in [-0.15, -0.1) is 12.4 Å². The third-order valence-electron chi connectivity index (χ3n) is 2.60. The van der Waals surface area contributed by atoms with Crippen LogP contribution in [-0.2, 0) is 6.54 Å². The lowest BCUT2D eigenvalue weighted by atomic mass is 10.1. The first-order chi connectivity index (χ1) is 6.22. The highest BCUT2D eigenvalue weighted by molar-refractivity contribution is 5.85. The van der Waals surface area contributed by atoms with E-state index in [1.807, 2.05) is 6.92 Å². The van der Waals surface area contributed by atoms with Crippen LogP contribution in [0.3, 0.4) is 0 Å². The van der Waals surface area contributed by atoms with Gasteiger partial charge in [0, 0.05) is 17.8 Å². The molecule has 0 amide bonds. The van der Waals surface area contributed by atoms with E-state index < -0.39 is 0 Å². The van der Waals surface area contributed by atoms with Crippen molar-refractivity contribution in [1.29, 1.82) is 0 Å². The molecule has 1 fully saturated rings. The van der Waals surface area contributed by atoms with Gasteiger partial charge in [0.1, 0.15) is 0 Å². The minimum atomic E-state index is -0.00981. The van der Waals surface area contributed by atoms with E-state index in [0.717, 1.165) is 11.3 Å². The molecule has 2 rings (SSSR count). The molecule has 1 saturated carbocycles. The van der Waals surface area contributed by atoms with E-state index in [-0.39, 0.29) is 18.0 Å². The molecule has 1 aliphatic carbocycles. The Bertz CT molecular complexity index is 382. The van der Waals surface area contributed by atoms with Crippen molar-refractivity contribution in [1.82, 2.24) is 4.98 Å². The number of nitrogens with two attached hydrogens (primary N) is 1. The van der Waals surface area contributed by atoms with Crippen LogP contribution < -0.4 is 11.3 Å². The number of aromatic amines is 1. The number of hydrogen-bond donors (Lipinski definition) is 2. The van der Waals surface area contributed by atoms with E-state index in [1.54, 1.807) is 0 Å². The van der Waals surface area contributed by atoms with Gasteiger partial charge in [0.05, 0.1) is 0 Å². The van der Waals surface area contributed by atoms with Crippen LogP contribution in [0.4, 0.5) is 0 Å². The van der Waals surface area contributed by atoms with E-state index in [1.165, 1.54) is 12.8 Å². The van der Waals surface area contributed by atoms with Crippen molar-refractivity contribution in [2.24, 2.45) is 5.73 Å². The molecule has 4 heteroatoms. The lowest BCUT2D eigenvalue weighted by Gasteiger charge is -2.04. The molecule has 3 N–H and O–H groups in total. The van der Waals surface area contributed by atoms with Crippen LogP contribution in [0.25, 0.3) is 0 Å². The molecule has 1 aromatic rings. The number of H-pyrrole nitrogens is 1. The zero-order valence-corrected chi connectivity index (χ0v) is 8.99. The smallest absolute Gasteiger partial charge is 0.252 e. The summed E-state index contributed by atoms with van der Waals surface area (Å²) >= 11 is 0. The summed E-state index contributed by atoms with van der Waals surface area (Å²) in [6.07, 6.45) is 2.41. The zero-order valence-electron chi connectivity index (χ0n) is 8.17. The van der Waals surface area contributed by atoms with Gasteiger partial charge in [-0.05, 0) is 37.3 Å². The molecular weight excluding hydrogens is 200 g/mol. The second-order valence-electron chi connectivity index (χ2n) is 3.69. The van der Waals surface area contributed by atoms with Gasteiger partial charge in [-0.1, -0.05) is 0 Å². The average Bonchev–Trinajstić information content (AvgIpc) is 2.85. The highest BCUT2D eigenvalue weighted by Gasteiger charge is 2.25. The summed E-state index contributed by atoms with van der Waals surface area (Å²) < 4.78 is 0. The summed E-state index contributed by atoms with van der Waals surface area (Å²) in [7, 11) is 0. The maximum absolute atomic E-state index is 11.5. The molecule has 1 aliphatic rings. The molecule has 0 aromatic carbocycles. The van der Waals surface area contributed by atoms with Crippen molar-refractivity contribution in [3.63, 3.8) is 0 Å². The topological polar surface area (TPSA) is 58.9 Å². The minimum absolute atomic E-state index is 0. The van der Waals surface area contributed by atoms with Gasteiger partial charge < -0.3 is 10.7 Å². The summed E-state index contributed by atoms with van der Waals surface area (Å²) in [5, 5.41) is 0. The summed E-state index contributed by atoms with van der Waals surface area (Å²) in [5.74, 6) is 0.596. The SMILES string of the molecule is Cc1cc(C2CC2)[nH]c(=O)c1CN.Cl. The number of rotatable bonds is 2. The van der Waals surface area contributed by atoms with Crippen molar-refractivity contribution in [3.05, 3.63) is 33.2 Å². The molecule has 0 unspecified atom stereocenters. The Morgan fingerprint density at radius 2 is 2.21 bits per heavy atom. The fraction of sp³-hybridized carbons (Fsp3) is 0.500. The number of aromatic nitrogens is 1. The molecule has 3 nitrogen and oxygen atoms in total. The van der Waals surface area contributed by atoms with Gasteiger partial charge in [-0.3, -0.25) is 4.79 Å². The Hall–Kier alpha value is -0.800. The van der Waals surface area contributed by atoms with Crippen LogP contribution in [0, 0.1) is 6.92 Å². The van der Waals surface area contributed by atoms with Crippen molar-refractivity contribution in [2.45, 2.75) is 32.2 Å². The molecule has 0 spiro atoms. The third-order valence-corrected chi connectivity index (χ3v) is 2.60. The van der Waals surface area contributed by atoms with Crippen molar-refractivity contribution in [3.8, 4) is 0 Å². The molecule has 0 bridgehead atoms. The van der Waals surface area contributed by atoms with Gasteiger partial charge >= 0.3 is 0 Å². The molecule has 78 valence electrons. The Kier molecular flexibility index (Phi) is 3.34. The Morgan fingerprint density at radius 1 is 1.57 bits per heavy atom. The maximum Gasteiger partial charge on any atom is 0.252 e. The van der Waals surface area contributed by atoms with Crippen LogP contribution in [0.2, 0.25) is 0 Å². The lowest BCUT2D eigenvalue weighted by molar-refractivity contribution is 0.933. The number of aryl methyl sites for hydroxylation is 1. The Balaban J connectivity index is 0.000000980. The number of nitrogens with one attached hydrogen (secondary N) is 1. The minimum Gasteiger partial charge on any atom is -0.326 e. The molecular formula is C10H15ClN2O. The van der Waals surface area contributed by atoms with E-state index in [0.29, 0.717) is 18.0 Å². The normalized spacial score (nSPS) is 15.0. The fourth-order valence-electron chi connectivity index (χ4n) is 1.61. The predicted octanol–water partition coefficient (Wildman–Crippen LogP) is 1.44. The number of pyridine rings is 1. The Morgan fingerprint density at radius 3 is 2.64 bits per heavy atom. The highest BCUT2D eigenvalue weighted by atomic mass is 35.5. The van der Waals surface area contributed by atoms with Crippen LogP contribution in [0.15, 0.2) is 10.9 Å².